The average molecular weight is 248 g/mol. The predicted octanol–water partition coefficient (Wildman–Crippen LogP) is 2.20. The van der Waals surface area contributed by atoms with Crippen molar-refractivity contribution in [3.63, 3.8) is 0 Å². The molecule has 1 N–H and O–H groups in total. The first-order valence-electron chi connectivity index (χ1n) is 6.08. The quantitative estimate of drug-likeness (QED) is 0.900. The average Bonchev–Trinajstić information content (AvgIpc) is 2.99. The van der Waals surface area contributed by atoms with E-state index in [0.29, 0.717) is 0 Å². The van der Waals surface area contributed by atoms with E-state index in [-0.39, 0.29) is 0 Å². The molecule has 3 heterocycles. The van der Waals surface area contributed by atoms with E-state index in [1.54, 1.807) is 17.7 Å². The Morgan fingerprint density at radius 3 is 3.06 bits per heavy atom. The van der Waals surface area contributed by atoms with Gasteiger partial charge in [0.25, 0.3) is 0 Å². The van der Waals surface area contributed by atoms with Crippen LogP contribution in [0.5, 0.6) is 0 Å². The monoisotopic (exact) mass is 248 g/mol. The summed E-state index contributed by atoms with van der Waals surface area (Å²) in [7, 11) is 0. The van der Waals surface area contributed by atoms with Gasteiger partial charge in [0.1, 0.15) is 12.1 Å². The third-order valence-electron chi connectivity index (χ3n) is 3.16. The number of aromatic nitrogens is 2. The second kappa shape index (κ2) is 4.98. The Labute approximate surface area is 105 Å². The van der Waals surface area contributed by atoms with Gasteiger partial charge in [0.15, 0.2) is 0 Å². The number of thiophene rings is 1. The van der Waals surface area contributed by atoms with Crippen LogP contribution in [0, 0.1) is 0 Å². The third kappa shape index (κ3) is 2.40. The highest BCUT2D eigenvalue weighted by molar-refractivity contribution is 7.17. The van der Waals surface area contributed by atoms with E-state index >= 15 is 0 Å². The molecule has 0 aliphatic carbocycles. The van der Waals surface area contributed by atoms with Crippen molar-refractivity contribution in [2.45, 2.75) is 12.8 Å². The fourth-order valence-electron chi connectivity index (χ4n) is 2.25. The summed E-state index contributed by atoms with van der Waals surface area (Å²) in [6.45, 7) is 4.57. The topological polar surface area (TPSA) is 41.1 Å². The summed E-state index contributed by atoms with van der Waals surface area (Å²) in [6.07, 6.45) is 4.33. The maximum absolute atomic E-state index is 4.31. The molecule has 0 radical (unpaired) electrons. The van der Waals surface area contributed by atoms with Crippen LogP contribution in [0.3, 0.4) is 0 Å². The minimum absolute atomic E-state index is 0.962. The zero-order chi connectivity index (χ0) is 11.5. The molecule has 2 aromatic heterocycles. The SMILES string of the molecule is c1nc(NCCN2CCCC2)c2sccc2n1. The molecule has 0 saturated carbocycles. The van der Waals surface area contributed by atoms with Crippen LogP contribution in [0.2, 0.25) is 0 Å². The van der Waals surface area contributed by atoms with Gasteiger partial charge in [-0.1, -0.05) is 0 Å². The minimum atomic E-state index is 0.962. The molecular formula is C12H16N4S. The van der Waals surface area contributed by atoms with Gasteiger partial charge in [-0.05, 0) is 37.4 Å². The number of fused-ring (bicyclic) bond motifs is 1. The molecule has 0 unspecified atom stereocenters. The Morgan fingerprint density at radius 1 is 1.29 bits per heavy atom. The normalized spacial score (nSPS) is 16.7. The second-order valence-electron chi connectivity index (χ2n) is 4.33. The van der Waals surface area contributed by atoms with E-state index in [4.69, 9.17) is 0 Å². The van der Waals surface area contributed by atoms with Gasteiger partial charge in [-0.2, -0.15) is 0 Å². The van der Waals surface area contributed by atoms with E-state index in [9.17, 15) is 0 Å². The molecule has 0 spiro atoms. The number of rotatable bonds is 4. The number of nitrogens with zero attached hydrogens (tertiary/aromatic N) is 3. The van der Waals surface area contributed by atoms with Gasteiger partial charge >= 0.3 is 0 Å². The van der Waals surface area contributed by atoms with Crippen molar-refractivity contribution in [3.8, 4) is 0 Å². The third-order valence-corrected chi connectivity index (χ3v) is 4.07. The first-order chi connectivity index (χ1) is 8.43. The van der Waals surface area contributed by atoms with Crippen molar-refractivity contribution in [1.29, 1.82) is 0 Å². The van der Waals surface area contributed by atoms with Crippen molar-refractivity contribution in [1.82, 2.24) is 14.9 Å². The lowest BCUT2D eigenvalue weighted by atomic mass is 10.4. The van der Waals surface area contributed by atoms with Crippen LogP contribution in [0.4, 0.5) is 5.82 Å². The summed E-state index contributed by atoms with van der Waals surface area (Å²) in [4.78, 5) is 11.0. The number of likely N-dealkylation sites (tertiary alicyclic amines) is 1. The zero-order valence-electron chi connectivity index (χ0n) is 9.72. The van der Waals surface area contributed by atoms with Gasteiger partial charge < -0.3 is 10.2 Å². The van der Waals surface area contributed by atoms with Crippen LogP contribution in [-0.4, -0.2) is 41.0 Å². The van der Waals surface area contributed by atoms with E-state index in [2.05, 4.69) is 25.6 Å². The van der Waals surface area contributed by atoms with Crippen LogP contribution in [-0.2, 0) is 0 Å². The van der Waals surface area contributed by atoms with E-state index in [0.717, 1.165) is 29.1 Å². The Bertz CT molecular complexity index is 490. The van der Waals surface area contributed by atoms with Crippen molar-refractivity contribution < 1.29 is 0 Å². The molecule has 1 fully saturated rings. The summed E-state index contributed by atoms with van der Waals surface area (Å²) >= 11 is 1.70. The Morgan fingerprint density at radius 2 is 2.18 bits per heavy atom. The lowest BCUT2D eigenvalue weighted by Gasteiger charge is -2.14. The molecule has 1 aliphatic rings. The van der Waals surface area contributed by atoms with Crippen LogP contribution in [0.1, 0.15) is 12.8 Å². The number of hydrogen-bond acceptors (Lipinski definition) is 5. The van der Waals surface area contributed by atoms with Crippen molar-refractivity contribution in [2.24, 2.45) is 0 Å². The van der Waals surface area contributed by atoms with Crippen molar-refractivity contribution in [2.75, 3.05) is 31.5 Å². The van der Waals surface area contributed by atoms with Crippen molar-refractivity contribution in [3.05, 3.63) is 17.8 Å². The standard InChI is InChI=1S/C12H16N4S/c1-2-6-16(5-1)7-4-13-12-11-10(3-8-17-11)14-9-15-12/h3,8-9H,1-2,4-7H2,(H,13,14,15). The molecule has 0 bridgehead atoms. The van der Waals surface area contributed by atoms with Gasteiger partial charge in [-0.15, -0.1) is 11.3 Å². The summed E-state index contributed by atoms with van der Waals surface area (Å²) in [6, 6.07) is 2.04. The largest absolute Gasteiger partial charge is 0.367 e. The molecule has 3 rings (SSSR count). The number of nitrogens with one attached hydrogen (secondary N) is 1. The highest BCUT2D eigenvalue weighted by Gasteiger charge is 2.11. The highest BCUT2D eigenvalue weighted by atomic mass is 32.1. The molecular weight excluding hydrogens is 232 g/mol. The molecule has 90 valence electrons. The van der Waals surface area contributed by atoms with Crippen molar-refractivity contribution >= 4 is 27.4 Å². The molecule has 0 atom stereocenters. The summed E-state index contributed by atoms with van der Waals surface area (Å²) in [5, 5.41) is 5.48. The molecule has 1 aliphatic heterocycles. The molecule has 5 heteroatoms. The lowest BCUT2D eigenvalue weighted by molar-refractivity contribution is 0.352. The Hall–Kier alpha value is -1.20. The van der Waals surface area contributed by atoms with Crippen LogP contribution in [0.25, 0.3) is 10.2 Å². The van der Waals surface area contributed by atoms with Gasteiger partial charge in [0.05, 0.1) is 10.2 Å². The zero-order valence-corrected chi connectivity index (χ0v) is 10.5. The van der Waals surface area contributed by atoms with E-state index in [1.165, 1.54) is 25.9 Å². The highest BCUT2D eigenvalue weighted by Crippen LogP contribution is 2.24. The van der Waals surface area contributed by atoms with E-state index in [1.807, 2.05) is 6.07 Å². The molecule has 0 aromatic carbocycles. The fourth-order valence-corrected chi connectivity index (χ4v) is 3.06. The smallest absolute Gasteiger partial charge is 0.147 e. The Balaban J connectivity index is 1.62. The Kier molecular flexibility index (Phi) is 3.20. The van der Waals surface area contributed by atoms with E-state index < -0.39 is 0 Å². The maximum Gasteiger partial charge on any atom is 0.147 e. The number of anilines is 1. The first-order valence-corrected chi connectivity index (χ1v) is 6.96. The minimum Gasteiger partial charge on any atom is -0.367 e. The van der Waals surface area contributed by atoms with Crippen LogP contribution in [0.15, 0.2) is 17.8 Å². The van der Waals surface area contributed by atoms with Crippen LogP contribution < -0.4 is 5.32 Å². The molecule has 1 saturated heterocycles. The van der Waals surface area contributed by atoms with Gasteiger partial charge in [-0.25, -0.2) is 9.97 Å². The van der Waals surface area contributed by atoms with Gasteiger partial charge in [0.2, 0.25) is 0 Å². The van der Waals surface area contributed by atoms with Gasteiger partial charge in [-0.3, -0.25) is 0 Å². The molecule has 2 aromatic rings. The molecule has 0 amide bonds. The van der Waals surface area contributed by atoms with Gasteiger partial charge in [0, 0.05) is 13.1 Å². The molecule has 17 heavy (non-hydrogen) atoms. The summed E-state index contributed by atoms with van der Waals surface area (Å²) in [5.41, 5.74) is 1.04. The predicted molar refractivity (Wildman–Crippen MR) is 71.6 cm³/mol. The summed E-state index contributed by atoms with van der Waals surface area (Å²) in [5.74, 6) is 0.976. The van der Waals surface area contributed by atoms with Crippen LogP contribution >= 0.6 is 11.3 Å². The summed E-state index contributed by atoms with van der Waals surface area (Å²) < 4.78 is 1.16. The number of hydrogen-bond donors (Lipinski definition) is 1. The second-order valence-corrected chi connectivity index (χ2v) is 5.25. The molecule has 4 nitrogen and oxygen atoms in total. The maximum atomic E-state index is 4.31. The first kappa shape index (κ1) is 10.9. The lowest BCUT2D eigenvalue weighted by Crippen LogP contribution is -2.26. The fraction of sp³-hybridized carbons (Fsp3) is 0.500.